The molecule has 1 rings (SSSR count). The Kier molecular flexibility index (Phi) is 10.0. The molecule has 0 amide bonds. The van der Waals surface area contributed by atoms with Gasteiger partial charge >= 0.3 is 0 Å². The minimum Gasteiger partial charge on any atom is -0.502 e. The summed E-state index contributed by atoms with van der Waals surface area (Å²) in [6.45, 7) is 3.97. The Balaban J connectivity index is 0.00000361. The van der Waals surface area contributed by atoms with Gasteiger partial charge in [0.05, 0.1) is 14.2 Å². The Morgan fingerprint density at radius 3 is 2.15 bits per heavy atom. The van der Waals surface area contributed by atoms with Crippen molar-refractivity contribution >= 4 is 12.4 Å². The van der Waals surface area contributed by atoms with Crippen LogP contribution in [0.15, 0.2) is 12.1 Å². The summed E-state index contributed by atoms with van der Waals surface area (Å²) in [5.41, 5.74) is 1.04. The number of hydrogen-bond donors (Lipinski definition) is 2. The number of phenols is 1. The Hall–Kier alpha value is -1.13. The summed E-state index contributed by atoms with van der Waals surface area (Å²) in [6, 6.07) is 3.66. The van der Waals surface area contributed by atoms with Gasteiger partial charge in [-0.25, -0.2) is 0 Å². The molecule has 0 bridgehead atoms. The first kappa shape index (κ1) is 18.9. The van der Waals surface area contributed by atoms with E-state index >= 15 is 0 Å². The number of benzene rings is 1. The molecular weight excluding hydrogens is 278 g/mol. The molecule has 1 aromatic rings. The zero-order valence-corrected chi connectivity index (χ0v) is 13.4. The van der Waals surface area contributed by atoms with E-state index in [0.717, 1.165) is 18.7 Å². The summed E-state index contributed by atoms with van der Waals surface area (Å²) in [7, 11) is 3.08. The standard InChI is InChI=1S/C15H25NO3.ClH/c1-4-5-6-7-8-16-11-12-9-13(18-2)15(17)14(10-12)19-3;/h9-10,16-17H,4-8,11H2,1-3H3;1H. The number of nitrogens with one attached hydrogen (secondary N) is 1. The highest BCUT2D eigenvalue weighted by molar-refractivity contribution is 5.85. The highest BCUT2D eigenvalue weighted by Crippen LogP contribution is 2.36. The molecule has 0 aliphatic rings. The van der Waals surface area contributed by atoms with Crippen molar-refractivity contribution in [2.24, 2.45) is 0 Å². The zero-order valence-electron chi connectivity index (χ0n) is 12.6. The molecular formula is C15H26ClNO3. The molecule has 5 heteroatoms. The lowest BCUT2D eigenvalue weighted by atomic mass is 10.1. The van der Waals surface area contributed by atoms with E-state index < -0.39 is 0 Å². The largest absolute Gasteiger partial charge is 0.502 e. The summed E-state index contributed by atoms with van der Waals surface area (Å²) >= 11 is 0. The fourth-order valence-electron chi connectivity index (χ4n) is 1.96. The number of methoxy groups -OCH3 is 2. The van der Waals surface area contributed by atoms with Crippen molar-refractivity contribution in [1.29, 1.82) is 0 Å². The lowest BCUT2D eigenvalue weighted by Crippen LogP contribution is -2.14. The second kappa shape index (κ2) is 10.6. The molecule has 0 saturated carbocycles. The number of hydrogen-bond acceptors (Lipinski definition) is 4. The van der Waals surface area contributed by atoms with Crippen LogP contribution in [0.25, 0.3) is 0 Å². The van der Waals surface area contributed by atoms with Crippen LogP contribution in [0.2, 0.25) is 0 Å². The smallest absolute Gasteiger partial charge is 0.200 e. The third-order valence-electron chi connectivity index (χ3n) is 3.08. The van der Waals surface area contributed by atoms with Gasteiger partial charge in [0.15, 0.2) is 11.5 Å². The number of aromatic hydroxyl groups is 1. The number of rotatable bonds is 9. The molecule has 0 unspecified atom stereocenters. The zero-order chi connectivity index (χ0) is 14.1. The first-order chi connectivity index (χ1) is 9.22. The molecule has 0 aliphatic carbocycles. The van der Waals surface area contributed by atoms with Gasteiger partial charge < -0.3 is 19.9 Å². The first-order valence-corrected chi connectivity index (χ1v) is 6.87. The number of halogens is 1. The highest BCUT2D eigenvalue weighted by Gasteiger charge is 2.10. The van der Waals surface area contributed by atoms with Crippen molar-refractivity contribution in [3.8, 4) is 17.2 Å². The van der Waals surface area contributed by atoms with Crippen LogP contribution in [0.1, 0.15) is 38.2 Å². The Morgan fingerprint density at radius 1 is 1.05 bits per heavy atom. The summed E-state index contributed by atoms with van der Waals surface area (Å²) in [4.78, 5) is 0. The number of phenolic OH excluding ortho intramolecular Hbond substituents is 1. The van der Waals surface area contributed by atoms with Crippen molar-refractivity contribution in [2.45, 2.75) is 39.2 Å². The van der Waals surface area contributed by atoms with Gasteiger partial charge in [-0.05, 0) is 30.7 Å². The van der Waals surface area contributed by atoms with Gasteiger partial charge in [0.1, 0.15) is 0 Å². The molecule has 0 fully saturated rings. The summed E-state index contributed by atoms with van der Waals surface area (Å²) in [6.07, 6.45) is 5.01. The summed E-state index contributed by atoms with van der Waals surface area (Å²) in [5.74, 6) is 0.945. The van der Waals surface area contributed by atoms with E-state index in [-0.39, 0.29) is 18.2 Å². The topological polar surface area (TPSA) is 50.7 Å². The van der Waals surface area contributed by atoms with E-state index in [1.54, 1.807) is 0 Å². The second-order valence-corrected chi connectivity index (χ2v) is 4.59. The van der Waals surface area contributed by atoms with E-state index in [0.29, 0.717) is 11.5 Å². The molecule has 20 heavy (non-hydrogen) atoms. The fourth-order valence-corrected chi connectivity index (χ4v) is 1.96. The van der Waals surface area contributed by atoms with Crippen LogP contribution in [0.3, 0.4) is 0 Å². The highest BCUT2D eigenvalue weighted by atomic mass is 35.5. The van der Waals surface area contributed by atoms with Gasteiger partial charge in [-0.2, -0.15) is 0 Å². The van der Waals surface area contributed by atoms with E-state index in [1.807, 2.05) is 12.1 Å². The maximum absolute atomic E-state index is 9.81. The van der Waals surface area contributed by atoms with Gasteiger partial charge in [-0.15, -0.1) is 12.4 Å². The van der Waals surface area contributed by atoms with Crippen molar-refractivity contribution in [1.82, 2.24) is 5.32 Å². The molecule has 0 aliphatic heterocycles. The molecule has 0 saturated heterocycles. The van der Waals surface area contributed by atoms with Gasteiger partial charge in [0.2, 0.25) is 5.75 Å². The quantitative estimate of drug-likeness (QED) is 0.686. The van der Waals surface area contributed by atoms with Gasteiger partial charge in [0, 0.05) is 6.54 Å². The first-order valence-electron chi connectivity index (χ1n) is 6.87. The average molecular weight is 304 g/mol. The summed E-state index contributed by atoms with van der Waals surface area (Å²) < 4.78 is 10.3. The van der Waals surface area contributed by atoms with Crippen LogP contribution in [0, 0.1) is 0 Å². The van der Waals surface area contributed by atoms with Crippen LogP contribution in [-0.2, 0) is 6.54 Å². The van der Waals surface area contributed by atoms with Crippen molar-refractivity contribution in [3.63, 3.8) is 0 Å². The number of unbranched alkanes of at least 4 members (excludes halogenated alkanes) is 3. The van der Waals surface area contributed by atoms with E-state index in [4.69, 9.17) is 9.47 Å². The Bertz CT molecular complexity index is 360. The predicted molar refractivity (Wildman–Crippen MR) is 84.3 cm³/mol. The minimum absolute atomic E-state index is 0. The van der Waals surface area contributed by atoms with Crippen molar-refractivity contribution in [2.75, 3.05) is 20.8 Å². The second-order valence-electron chi connectivity index (χ2n) is 4.59. The molecule has 0 atom stereocenters. The molecule has 116 valence electrons. The average Bonchev–Trinajstić information content (AvgIpc) is 2.44. The molecule has 0 radical (unpaired) electrons. The van der Waals surface area contributed by atoms with E-state index in [2.05, 4.69) is 12.2 Å². The maximum atomic E-state index is 9.81. The normalized spacial score (nSPS) is 9.95. The van der Waals surface area contributed by atoms with Crippen LogP contribution in [0.5, 0.6) is 17.2 Å². The SMILES string of the molecule is CCCCCCNCc1cc(OC)c(O)c(OC)c1.Cl. The molecule has 1 aromatic carbocycles. The van der Waals surface area contributed by atoms with Crippen molar-refractivity contribution in [3.05, 3.63) is 17.7 Å². The van der Waals surface area contributed by atoms with Crippen molar-refractivity contribution < 1.29 is 14.6 Å². The van der Waals surface area contributed by atoms with Crippen LogP contribution < -0.4 is 14.8 Å². The monoisotopic (exact) mass is 303 g/mol. The summed E-state index contributed by atoms with van der Waals surface area (Å²) in [5, 5.41) is 13.2. The van der Waals surface area contributed by atoms with E-state index in [9.17, 15) is 5.11 Å². The van der Waals surface area contributed by atoms with Gasteiger partial charge in [-0.3, -0.25) is 0 Å². The molecule has 0 spiro atoms. The third kappa shape index (κ3) is 5.88. The lowest BCUT2D eigenvalue weighted by molar-refractivity contribution is 0.339. The Labute approximate surface area is 127 Å². The molecule has 4 nitrogen and oxygen atoms in total. The Morgan fingerprint density at radius 2 is 1.65 bits per heavy atom. The van der Waals surface area contributed by atoms with Gasteiger partial charge in [0.25, 0.3) is 0 Å². The molecule has 0 heterocycles. The predicted octanol–water partition coefficient (Wildman–Crippen LogP) is 3.50. The molecule has 0 aromatic heterocycles. The maximum Gasteiger partial charge on any atom is 0.200 e. The fraction of sp³-hybridized carbons (Fsp3) is 0.600. The number of ether oxygens (including phenoxy) is 2. The van der Waals surface area contributed by atoms with Crippen LogP contribution in [-0.4, -0.2) is 25.9 Å². The lowest BCUT2D eigenvalue weighted by Gasteiger charge is -2.11. The van der Waals surface area contributed by atoms with Gasteiger partial charge in [-0.1, -0.05) is 26.2 Å². The molecule has 2 N–H and O–H groups in total. The third-order valence-corrected chi connectivity index (χ3v) is 3.08. The minimum atomic E-state index is 0. The van der Waals surface area contributed by atoms with E-state index in [1.165, 1.54) is 39.9 Å². The van der Waals surface area contributed by atoms with Crippen LogP contribution >= 0.6 is 12.4 Å². The van der Waals surface area contributed by atoms with Crippen LogP contribution in [0.4, 0.5) is 0 Å².